The number of allylic oxidation sites excluding steroid dienone is 1. The van der Waals surface area contributed by atoms with E-state index in [2.05, 4.69) is 21.5 Å². The van der Waals surface area contributed by atoms with Gasteiger partial charge < -0.3 is 9.13 Å². The quantitative estimate of drug-likeness (QED) is 0.424. The van der Waals surface area contributed by atoms with E-state index >= 15 is 0 Å². The predicted octanol–water partition coefficient (Wildman–Crippen LogP) is 3.86. The summed E-state index contributed by atoms with van der Waals surface area (Å²) in [7, 11) is 1.99. The smallest absolute Gasteiger partial charge is 0.230 e. The SMILES string of the molecule is C=CCn1c(/N=C/c2nc3ccccc3n2C)nc2ccccc21. The molecule has 0 aliphatic carbocycles. The number of benzene rings is 2. The van der Waals surface area contributed by atoms with Gasteiger partial charge >= 0.3 is 0 Å². The summed E-state index contributed by atoms with van der Waals surface area (Å²) in [6.07, 6.45) is 3.61. The molecule has 0 N–H and O–H groups in total. The van der Waals surface area contributed by atoms with E-state index in [4.69, 9.17) is 0 Å². The fourth-order valence-electron chi connectivity index (χ4n) is 2.87. The second-order valence-corrected chi connectivity index (χ2v) is 5.58. The summed E-state index contributed by atoms with van der Waals surface area (Å²) in [6, 6.07) is 16.1. The summed E-state index contributed by atoms with van der Waals surface area (Å²) < 4.78 is 4.07. The number of hydrogen-bond acceptors (Lipinski definition) is 3. The second-order valence-electron chi connectivity index (χ2n) is 5.58. The number of aryl methyl sites for hydroxylation is 1. The first kappa shape index (κ1) is 14.4. The molecule has 0 saturated heterocycles. The minimum absolute atomic E-state index is 0.656. The van der Waals surface area contributed by atoms with Crippen LogP contribution < -0.4 is 0 Å². The third-order valence-electron chi connectivity index (χ3n) is 4.06. The van der Waals surface area contributed by atoms with Crippen molar-refractivity contribution in [3.8, 4) is 0 Å². The largest absolute Gasteiger partial charge is 0.326 e. The summed E-state index contributed by atoms with van der Waals surface area (Å²) in [5.74, 6) is 1.46. The average Bonchev–Trinajstić information content (AvgIpc) is 3.12. The van der Waals surface area contributed by atoms with Crippen molar-refractivity contribution >= 4 is 34.2 Å². The summed E-state index contributed by atoms with van der Waals surface area (Å²) >= 11 is 0. The normalized spacial score (nSPS) is 11.7. The van der Waals surface area contributed by atoms with Gasteiger partial charge in [0.15, 0.2) is 5.82 Å². The van der Waals surface area contributed by atoms with Crippen molar-refractivity contribution in [3.05, 3.63) is 67.0 Å². The van der Waals surface area contributed by atoms with E-state index in [-0.39, 0.29) is 0 Å². The Morgan fingerprint density at radius 1 is 1.00 bits per heavy atom. The van der Waals surface area contributed by atoms with Gasteiger partial charge in [0, 0.05) is 13.6 Å². The van der Waals surface area contributed by atoms with E-state index in [1.807, 2.05) is 70.8 Å². The minimum Gasteiger partial charge on any atom is -0.326 e. The molecule has 24 heavy (non-hydrogen) atoms. The molecule has 4 aromatic rings. The lowest BCUT2D eigenvalue weighted by Crippen LogP contribution is -1.98. The van der Waals surface area contributed by atoms with Gasteiger partial charge in [0.1, 0.15) is 0 Å². The van der Waals surface area contributed by atoms with Crippen molar-refractivity contribution in [1.82, 2.24) is 19.1 Å². The highest BCUT2D eigenvalue weighted by Gasteiger charge is 2.09. The van der Waals surface area contributed by atoms with Crippen LogP contribution in [0.4, 0.5) is 5.95 Å². The molecule has 2 aromatic heterocycles. The van der Waals surface area contributed by atoms with Crippen LogP contribution in [0.2, 0.25) is 0 Å². The maximum absolute atomic E-state index is 4.61. The maximum atomic E-state index is 4.61. The molecule has 2 aromatic carbocycles. The van der Waals surface area contributed by atoms with Crippen LogP contribution in [0.15, 0.2) is 66.2 Å². The Morgan fingerprint density at radius 3 is 2.38 bits per heavy atom. The Morgan fingerprint density at radius 2 is 1.67 bits per heavy atom. The average molecular weight is 315 g/mol. The first-order valence-electron chi connectivity index (χ1n) is 7.79. The molecule has 0 aliphatic rings. The van der Waals surface area contributed by atoms with Crippen LogP contribution in [0, 0.1) is 0 Å². The lowest BCUT2D eigenvalue weighted by molar-refractivity contribution is 0.852. The van der Waals surface area contributed by atoms with Crippen molar-refractivity contribution in [2.45, 2.75) is 6.54 Å². The van der Waals surface area contributed by atoms with Gasteiger partial charge in [-0.25, -0.2) is 15.0 Å². The Kier molecular flexibility index (Phi) is 3.46. The van der Waals surface area contributed by atoms with Crippen LogP contribution in [0.5, 0.6) is 0 Å². The lowest BCUT2D eigenvalue weighted by Gasteiger charge is -2.02. The number of fused-ring (bicyclic) bond motifs is 2. The summed E-state index contributed by atoms with van der Waals surface area (Å²) in [5, 5.41) is 0. The fraction of sp³-hybridized carbons (Fsp3) is 0.105. The number of para-hydroxylation sites is 4. The molecular formula is C19H17N5. The van der Waals surface area contributed by atoms with E-state index in [1.54, 1.807) is 6.21 Å². The van der Waals surface area contributed by atoms with Crippen LogP contribution in [-0.2, 0) is 13.6 Å². The van der Waals surface area contributed by atoms with Crippen LogP contribution in [0.3, 0.4) is 0 Å². The van der Waals surface area contributed by atoms with Gasteiger partial charge in [-0.1, -0.05) is 30.3 Å². The highest BCUT2D eigenvalue weighted by molar-refractivity contribution is 5.86. The highest BCUT2D eigenvalue weighted by Crippen LogP contribution is 2.22. The van der Waals surface area contributed by atoms with E-state index in [0.29, 0.717) is 12.5 Å². The third kappa shape index (κ3) is 2.31. The number of imidazole rings is 2. The number of nitrogens with zero attached hydrogens (tertiary/aromatic N) is 5. The molecule has 5 heteroatoms. The Balaban J connectivity index is 1.80. The van der Waals surface area contributed by atoms with E-state index in [0.717, 1.165) is 27.9 Å². The second kappa shape index (κ2) is 5.77. The van der Waals surface area contributed by atoms with E-state index < -0.39 is 0 Å². The predicted molar refractivity (Wildman–Crippen MR) is 97.9 cm³/mol. The zero-order valence-electron chi connectivity index (χ0n) is 13.4. The molecule has 0 unspecified atom stereocenters. The molecule has 4 rings (SSSR count). The fourth-order valence-corrected chi connectivity index (χ4v) is 2.87. The van der Waals surface area contributed by atoms with Crippen molar-refractivity contribution < 1.29 is 0 Å². The van der Waals surface area contributed by atoms with Crippen molar-refractivity contribution in [3.63, 3.8) is 0 Å². The first-order chi connectivity index (χ1) is 11.8. The number of aliphatic imine (C=N–C) groups is 1. The number of rotatable bonds is 4. The van der Waals surface area contributed by atoms with Crippen molar-refractivity contribution in [2.24, 2.45) is 12.0 Å². The van der Waals surface area contributed by atoms with Gasteiger partial charge in [0.2, 0.25) is 5.95 Å². The molecule has 0 bridgehead atoms. The number of aromatic nitrogens is 4. The molecule has 0 fully saturated rings. The van der Waals surface area contributed by atoms with Gasteiger partial charge in [0.05, 0.1) is 28.3 Å². The molecule has 0 saturated carbocycles. The maximum Gasteiger partial charge on any atom is 0.230 e. The first-order valence-corrected chi connectivity index (χ1v) is 7.79. The molecule has 5 nitrogen and oxygen atoms in total. The zero-order chi connectivity index (χ0) is 16.5. The topological polar surface area (TPSA) is 48.0 Å². The van der Waals surface area contributed by atoms with Gasteiger partial charge in [-0.2, -0.15) is 0 Å². The van der Waals surface area contributed by atoms with Gasteiger partial charge in [-0.15, -0.1) is 6.58 Å². The highest BCUT2D eigenvalue weighted by atomic mass is 15.2. The zero-order valence-corrected chi connectivity index (χ0v) is 13.4. The van der Waals surface area contributed by atoms with E-state index in [1.165, 1.54) is 0 Å². The van der Waals surface area contributed by atoms with Crippen molar-refractivity contribution in [1.29, 1.82) is 0 Å². The Labute approximate surface area is 139 Å². The summed E-state index contributed by atoms with van der Waals surface area (Å²) in [4.78, 5) is 13.8. The lowest BCUT2D eigenvalue weighted by atomic mass is 10.3. The van der Waals surface area contributed by atoms with Crippen LogP contribution in [0.1, 0.15) is 5.82 Å². The Hall–Kier alpha value is -3.21. The molecule has 0 aliphatic heterocycles. The van der Waals surface area contributed by atoms with Gasteiger partial charge in [-0.05, 0) is 24.3 Å². The molecule has 2 heterocycles. The molecule has 0 atom stereocenters. The standard InChI is InChI=1S/C19H17N5/c1-3-12-24-17-11-7-5-9-15(17)22-19(24)20-13-18-21-14-8-4-6-10-16(14)23(18)2/h3-11,13H,1,12H2,2H3/b20-13+. The molecule has 0 amide bonds. The molecule has 0 spiro atoms. The minimum atomic E-state index is 0.656. The van der Waals surface area contributed by atoms with Crippen LogP contribution in [0.25, 0.3) is 22.1 Å². The third-order valence-corrected chi connectivity index (χ3v) is 4.06. The monoisotopic (exact) mass is 315 g/mol. The number of hydrogen-bond donors (Lipinski definition) is 0. The molecule has 0 radical (unpaired) electrons. The Bertz CT molecular complexity index is 1070. The van der Waals surface area contributed by atoms with Gasteiger partial charge in [0.25, 0.3) is 0 Å². The van der Waals surface area contributed by atoms with E-state index in [9.17, 15) is 0 Å². The van der Waals surface area contributed by atoms with Crippen LogP contribution >= 0.6 is 0 Å². The van der Waals surface area contributed by atoms with Crippen LogP contribution in [-0.4, -0.2) is 25.3 Å². The molecular weight excluding hydrogens is 298 g/mol. The summed E-state index contributed by atoms with van der Waals surface area (Å²) in [6.45, 7) is 4.49. The van der Waals surface area contributed by atoms with Crippen molar-refractivity contribution in [2.75, 3.05) is 0 Å². The molecule has 118 valence electrons. The summed E-state index contributed by atoms with van der Waals surface area (Å²) in [5.41, 5.74) is 4.02. The van der Waals surface area contributed by atoms with Gasteiger partial charge in [-0.3, -0.25) is 0 Å².